The first kappa shape index (κ1) is 22.7. The van der Waals surface area contributed by atoms with Crippen LogP contribution in [-0.2, 0) is 16.6 Å². The maximum absolute atomic E-state index is 12.4. The number of nitrogens with zero attached hydrogens (tertiary/aromatic N) is 4. The first-order chi connectivity index (χ1) is 15.2. The minimum atomic E-state index is -3.37. The molecule has 2 aliphatic rings. The van der Waals surface area contributed by atoms with Crippen molar-refractivity contribution in [2.24, 2.45) is 0 Å². The van der Waals surface area contributed by atoms with E-state index in [0.29, 0.717) is 31.9 Å². The fourth-order valence-corrected chi connectivity index (χ4v) is 5.44. The minimum Gasteiger partial charge on any atom is -0.308 e. The number of anilines is 2. The predicted molar refractivity (Wildman–Crippen MR) is 125 cm³/mol. The van der Waals surface area contributed by atoms with Gasteiger partial charge in [-0.05, 0) is 55.2 Å². The van der Waals surface area contributed by atoms with Gasteiger partial charge in [-0.1, -0.05) is 6.07 Å². The highest BCUT2D eigenvalue weighted by molar-refractivity contribution is 7.86. The number of carbonyl (C=O) groups is 1. The number of rotatable bonds is 5. The Morgan fingerprint density at radius 1 is 1.06 bits per heavy atom. The van der Waals surface area contributed by atoms with E-state index in [1.807, 2.05) is 31.2 Å². The Hall–Kier alpha value is -2.53. The lowest BCUT2D eigenvalue weighted by Crippen LogP contribution is -2.52. The maximum Gasteiger partial charge on any atom is 0.323 e. The lowest BCUT2D eigenvalue weighted by molar-refractivity contribution is 0.134. The first-order valence-corrected chi connectivity index (χ1v) is 12.2. The average Bonchev–Trinajstić information content (AvgIpc) is 3.18. The Morgan fingerprint density at radius 3 is 2.41 bits per heavy atom. The van der Waals surface area contributed by atoms with Crippen LogP contribution in [0, 0.1) is 6.92 Å². The summed E-state index contributed by atoms with van der Waals surface area (Å²) in [6.07, 6.45) is 3.61. The van der Waals surface area contributed by atoms with Crippen LogP contribution in [0.5, 0.6) is 0 Å². The molecule has 0 radical (unpaired) electrons. The SMILES string of the molecule is Cc1ccc(NC(=O)Nc2ccc3c(c2)C(N2CCN(S(=O)(=O)N(C)C)CC2)CC3)cn1. The molecular formula is C22H30N6O3S. The van der Waals surface area contributed by atoms with Crippen molar-refractivity contribution >= 4 is 27.6 Å². The zero-order valence-corrected chi connectivity index (χ0v) is 19.5. The van der Waals surface area contributed by atoms with Crippen LogP contribution in [-0.4, -0.2) is 73.2 Å². The number of hydrogen-bond acceptors (Lipinski definition) is 5. The number of fused-ring (bicyclic) bond motifs is 1. The Balaban J connectivity index is 1.40. The number of urea groups is 1. The molecule has 32 heavy (non-hydrogen) atoms. The van der Waals surface area contributed by atoms with E-state index in [1.165, 1.54) is 15.4 Å². The summed E-state index contributed by atoms with van der Waals surface area (Å²) in [6, 6.07) is 9.63. The van der Waals surface area contributed by atoms with Gasteiger partial charge in [-0.25, -0.2) is 4.79 Å². The van der Waals surface area contributed by atoms with Gasteiger partial charge in [0.1, 0.15) is 0 Å². The van der Waals surface area contributed by atoms with Crippen molar-refractivity contribution in [1.82, 2.24) is 18.5 Å². The zero-order chi connectivity index (χ0) is 22.9. The minimum absolute atomic E-state index is 0.236. The Morgan fingerprint density at radius 2 is 1.75 bits per heavy atom. The molecule has 0 bridgehead atoms. The fourth-order valence-electron chi connectivity index (χ4n) is 4.35. The molecule has 10 heteroatoms. The molecule has 2 amide bonds. The van der Waals surface area contributed by atoms with Gasteiger partial charge < -0.3 is 10.6 Å². The van der Waals surface area contributed by atoms with Gasteiger partial charge in [-0.3, -0.25) is 9.88 Å². The quantitative estimate of drug-likeness (QED) is 0.717. The van der Waals surface area contributed by atoms with Crippen LogP contribution in [0.25, 0.3) is 0 Å². The van der Waals surface area contributed by atoms with Gasteiger partial charge in [0.2, 0.25) is 0 Å². The lowest BCUT2D eigenvalue weighted by Gasteiger charge is -2.38. The summed E-state index contributed by atoms with van der Waals surface area (Å²) in [6.45, 7) is 4.24. The number of aromatic nitrogens is 1. The molecule has 0 spiro atoms. The van der Waals surface area contributed by atoms with Gasteiger partial charge >= 0.3 is 6.03 Å². The number of aryl methyl sites for hydroxylation is 2. The van der Waals surface area contributed by atoms with E-state index >= 15 is 0 Å². The molecule has 2 heterocycles. The highest BCUT2D eigenvalue weighted by Crippen LogP contribution is 2.38. The third kappa shape index (κ3) is 4.78. The van der Waals surface area contributed by atoms with E-state index in [-0.39, 0.29) is 12.1 Å². The normalized spacial score (nSPS) is 19.7. The molecular weight excluding hydrogens is 428 g/mol. The topological polar surface area (TPSA) is 97.9 Å². The van der Waals surface area contributed by atoms with Crippen LogP contribution in [0.2, 0.25) is 0 Å². The molecule has 9 nitrogen and oxygen atoms in total. The highest BCUT2D eigenvalue weighted by Gasteiger charge is 2.34. The van der Waals surface area contributed by atoms with Crippen LogP contribution in [0.3, 0.4) is 0 Å². The van der Waals surface area contributed by atoms with Crippen LogP contribution in [0.4, 0.5) is 16.2 Å². The number of hydrogen-bond donors (Lipinski definition) is 2. The first-order valence-electron chi connectivity index (χ1n) is 10.8. The van der Waals surface area contributed by atoms with Crippen LogP contribution < -0.4 is 10.6 Å². The van der Waals surface area contributed by atoms with Crippen LogP contribution >= 0.6 is 0 Å². The molecule has 4 rings (SSSR count). The van der Waals surface area contributed by atoms with Crippen molar-refractivity contribution in [2.75, 3.05) is 50.9 Å². The van der Waals surface area contributed by atoms with Crippen molar-refractivity contribution in [1.29, 1.82) is 0 Å². The monoisotopic (exact) mass is 458 g/mol. The second-order valence-corrected chi connectivity index (χ2v) is 10.6. The number of benzene rings is 1. The van der Waals surface area contributed by atoms with Gasteiger partial charge in [-0.2, -0.15) is 17.0 Å². The van der Waals surface area contributed by atoms with Crippen LogP contribution in [0.1, 0.15) is 29.3 Å². The largest absolute Gasteiger partial charge is 0.323 e. The number of pyridine rings is 1. The summed E-state index contributed by atoms with van der Waals surface area (Å²) < 4.78 is 27.6. The number of nitrogens with one attached hydrogen (secondary N) is 2. The average molecular weight is 459 g/mol. The van der Waals surface area contributed by atoms with Crippen molar-refractivity contribution in [3.05, 3.63) is 53.3 Å². The summed E-state index contributed by atoms with van der Waals surface area (Å²) in [5.41, 5.74) is 4.76. The summed E-state index contributed by atoms with van der Waals surface area (Å²) in [5, 5.41) is 5.71. The lowest BCUT2D eigenvalue weighted by atomic mass is 10.1. The van der Waals surface area contributed by atoms with Gasteiger partial charge in [0.15, 0.2) is 0 Å². The van der Waals surface area contributed by atoms with E-state index in [0.717, 1.165) is 24.2 Å². The molecule has 2 aromatic rings. The molecule has 172 valence electrons. The summed E-state index contributed by atoms with van der Waals surface area (Å²) >= 11 is 0. The molecule has 1 aromatic heterocycles. The standard InChI is InChI=1S/C22H30N6O3S/c1-16-4-7-19(15-23-16)25-22(29)24-18-8-5-17-6-9-21(20(17)14-18)27-10-12-28(13-11-27)32(30,31)26(2)3/h4-5,7-8,14-15,21H,6,9-13H2,1-3H3,(H2,24,25,29). The Labute approximate surface area is 189 Å². The second kappa shape index (κ2) is 9.14. The molecule has 1 fully saturated rings. The zero-order valence-electron chi connectivity index (χ0n) is 18.7. The molecule has 1 saturated heterocycles. The van der Waals surface area contributed by atoms with Gasteiger partial charge in [0.05, 0.1) is 11.9 Å². The van der Waals surface area contributed by atoms with Crippen LogP contribution in [0.15, 0.2) is 36.5 Å². The van der Waals surface area contributed by atoms with Crippen molar-refractivity contribution in [2.45, 2.75) is 25.8 Å². The Kier molecular flexibility index (Phi) is 6.47. The van der Waals surface area contributed by atoms with Gasteiger partial charge in [-0.15, -0.1) is 0 Å². The van der Waals surface area contributed by atoms with E-state index in [1.54, 1.807) is 24.6 Å². The molecule has 0 saturated carbocycles. The third-order valence-electron chi connectivity index (χ3n) is 6.12. The number of carbonyl (C=O) groups excluding carboxylic acids is 1. The van der Waals surface area contributed by atoms with E-state index in [2.05, 4.69) is 26.6 Å². The van der Waals surface area contributed by atoms with Crippen molar-refractivity contribution in [3.8, 4) is 0 Å². The molecule has 1 aromatic carbocycles. The highest BCUT2D eigenvalue weighted by atomic mass is 32.2. The number of piperazine rings is 1. The van der Waals surface area contributed by atoms with Gasteiger partial charge in [0, 0.05) is 57.7 Å². The van der Waals surface area contributed by atoms with E-state index in [9.17, 15) is 13.2 Å². The second-order valence-electron chi connectivity index (χ2n) is 8.46. The summed E-state index contributed by atoms with van der Waals surface area (Å²) in [7, 11) is -0.246. The van der Waals surface area contributed by atoms with Gasteiger partial charge in [0.25, 0.3) is 10.2 Å². The van der Waals surface area contributed by atoms with E-state index < -0.39 is 10.2 Å². The number of amides is 2. The van der Waals surface area contributed by atoms with Crippen molar-refractivity contribution in [3.63, 3.8) is 0 Å². The summed E-state index contributed by atoms with van der Waals surface area (Å²) in [5.74, 6) is 0. The Bertz CT molecular complexity index is 1080. The molecule has 2 N–H and O–H groups in total. The van der Waals surface area contributed by atoms with Crippen molar-refractivity contribution < 1.29 is 13.2 Å². The fraction of sp³-hybridized carbons (Fsp3) is 0.455. The predicted octanol–water partition coefficient (Wildman–Crippen LogP) is 2.45. The molecule has 1 unspecified atom stereocenters. The maximum atomic E-state index is 12.4. The molecule has 1 atom stereocenters. The van der Waals surface area contributed by atoms with E-state index in [4.69, 9.17) is 0 Å². The third-order valence-corrected chi connectivity index (χ3v) is 8.06. The molecule has 1 aliphatic heterocycles. The summed E-state index contributed by atoms with van der Waals surface area (Å²) in [4.78, 5) is 19.0. The molecule has 1 aliphatic carbocycles. The smallest absolute Gasteiger partial charge is 0.308 e.